The molecule has 1 aliphatic carbocycles. The van der Waals surface area contributed by atoms with E-state index in [0.717, 1.165) is 24.9 Å². The highest BCUT2D eigenvalue weighted by Crippen LogP contribution is 2.45. The number of piperidine rings is 1. The third kappa shape index (κ3) is 3.72. The fraction of sp³-hybridized carbons (Fsp3) is 0.423. The summed E-state index contributed by atoms with van der Waals surface area (Å²) in [4.78, 5) is 14.9. The van der Waals surface area contributed by atoms with Gasteiger partial charge in [0.05, 0.1) is 0 Å². The number of carbonyl (C=O) groups is 1. The number of benzene rings is 2. The Bertz CT molecular complexity index is 1090. The van der Waals surface area contributed by atoms with Crippen LogP contribution in [0.15, 0.2) is 54.7 Å². The third-order valence-corrected chi connectivity index (χ3v) is 7.33. The number of rotatable bonds is 4. The van der Waals surface area contributed by atoms with Gasteiger partial charge in [0.25, 0.3) is 0 Å². The summed E-state index contributed by atoms with van der Waals surface area (Å²) < 4.78 is 7.71. The smallest absolute Gasteiger partial charge is 0.407 e. The van der Waals surface area contributed by atoms with Crippen LogP contribution in [0.25, 0.3) is 10.9 Å². The van der Waals surface area contributed by atoms with Crippen molar-refractivity contribution in [2.75, 3.05) is 13.6 Å². The van der Waals surface area contributed by atoms with E-state index < -0.39 is 0 Å². The van der Waals surface area contributed by atoms with E-state index in [2.05, 4.69) is 60.2 Å². The number of hydrogen-bond acceptors (Lipinski definition) is 3. The molecule has 3 aromatic rings. The zero-order valence-electron chi connectivity index (χ0n) is 18.5. The van der Waals surface area contributed by atoms with Crippen molar-refractivity contribution in [1.82, 2.24) is 14.8 Å². The van der Waals surface area contributed by atoms with Gasteiger partial charge in [-0.15, -0.1) is 0 Å². The van der Waals surface area contributed by atoms with Gasteiger partial charge in [-0.1, -0.05) is 42.5 Å². The number of likely N-dealkylation sites (tertiary alicyclic amines) is 1. The van der Waals surface area contributed by atoms with Gasteiger partial charge >= 0.3 is 6.09 Å². The van der Waals surface area contributed by atoms with Gasteiger partial charge in [0, 0.05) is 48.7 Å². The predicted molar refractivity (Wildman–Crippen MR) is 123 cm³/mol. The number of aromatic nitrogens is 1. The Kier molecular flexibility index (Phi) is 5.22. The lowest BCUT2D eigenvalue weighted by atomic mass is 9.71. The normalized spacial score (nSPS) is 23.9. The number of fused-ring (bicyclic) bond motifs is 2. The van der Waals surface area contributed by atoms with E-state index in [4.69, 9.17) is 4.74 Å². The Hall–Kier alpha value is -2.79. The molecule has 5 rings (SSSR count). The standard InChI is InChI=1S/C26H31N3O2/c1-17(27-26(30)31-16-18-8-5-4-6-9-18)19-12-22-21-10-7-11-23-25(21)20(15-28(23)2)13-24(22)29(3)14-19/h4-11,15,17,19,22,24H,12-14,16H2,1-3H3,(H,27,30)/t17?,19-,22-,24-/m1/s1. The number of amides is 1. The highest BCUT2D eigenvalue weighted by Gasteiger charge is 2.41. The average molecular weight is 418 g/mol. The van der Waals surface area contributed by atoms with Gasteiger partial charge < -0.3 is 19.5 Å². The number of hydrogen-bond donors (Lipinski definition) is 1. The number of likely N-dealkylation sites (N-methyl/N-ethyl adjacent to an activating group) is 1. The molecule has 2 aliphatic rings. The summed E-state index contributed by atoms with van der Waals surface area (Å²) >= 11 is 0. The van der Waals surface area contributed by atoms with Crippen molar-refractivity contribution in [2.24, 2.45) is 13.0 Å². The van der Waals surface area contributed by atoms with Crippen LogP contribution in [0.4, 0.5) is 4.79 Å². The highest BCUT2D eigenvalue weighted by atomic mass is 16.5. The van der Waals surface area contributed by atoms with Crippen LogP contribution >= 0.6 is 0 Å². The number of ether oxygens (including phenoxy) is 1. The summed E-state index contributed by atoms with van der Waals surface area (Å²) in [6, 6.07) is 17.1. The largest absolute Gasteiger partial charge is 0.445 e. The molecule has 1 aromatic heterocycles. The third-order valence-electron chi connectivity index (χ3n) is 7.33. The van der Waals surface area contributed by atoms with Crippen molar-refractivity contribution in [3.63, 3.8) is 0 Å². The summed E-state index contributed by atoms with van der Waals surface area (Å²) in [6.45, 7) is 3.40. The molecule has 1 N–H and O–H groups in total. The summed E-state index contributed by atoms with van der Waals surface area (Å²) in [6.07, 6.45) is 4.15. The first-order valence-electron chi connectivity index (χ1n) is 11.3. The molecule has 31 heavy (non-hydrogen) atoms. The van der Waals surface area contributed by atoms with Crippen LogP contribution in [0, 0.1) is 5.92 Å². The van der Waals surface area contributed by atoms with Crippen LogP contribution < -0.4 is 5.32 Å². The molecule has 0 bridgehead atoms. The summed E-state index contributed by atoms with van der Waals surface area (Å²) in [5, 5.41) is 4.54. The van der Waals surface area contributed by atoms with E-state index in [0.29, 0.717) is 24.5 Å². The Labute approximate surface area is 184 Å². The summed E-state index contributed by atoms with van der Waals surface area (Å²) in [5.41, 5.74) is 5.26. The first kappa shape index (κ1) is 20.1. The molecular formula is C26H31N3O2. The van der Waals surface area contributed by atoms with Crippen LogP contribution in [0.1, 0.15) is 36.0 Å². The molecule has 5 nitrogen and oxygen atoms in total. The molecule has 162 valence electrons. The molecule has 0 radical (unpaired) electrons. The van der Waals surface area contributed by atoms with Crippen molar-refractivity contribution < 1.29 is 9.53 Å². The SMILES string of the molecule is CC(NC(=O)OCc1ccccc1)[C@@H]1C[C@@H]2c3cccc4c3c(cn4C)C[C@H]2N(C)C1. The van der Waals surface area contributed by atoms with E-state index in [9.17, 15) is 4.79 Å². The number of carbonyl (C=O) groups excluding carboxylic acids is 1. The molecule has 2 heterocycles. The first-order valence-corrected chi connectivity index (χ1v) is 11.3. The lowest BCUT2D eigenvalue weighted by Crippen LogP contribution is -2.52. The van der Waals surface area contributed by atoms with Crippen molar-refractivity contribution in [3.8, 4) is 0 Å². The number of alkyl carbamates (subject to hydrolysis) is 1. The zero-order chi connectivity index (χ0) is 21.5. The Morgan fingerprint density at radius 3 is 2.77 bits per heavy atom. The molecule has 1 unspecified atom stereocenters. The molecular weight excluding hydrogens is 386 g/mol. The lowest BCUT2D eigenvalue weighted by molar-refractivity contribution is 0.0880. The summed E-state index contributed by atoms with van der Waals surface area (Å²) in [7, 11) is 4.38. The van der Waals surface area contributed by atoms with Gasteiger partial charge in [-0.2, -0.15) is 0 Å². The molecule has 1 saturated heterocycles. The molecule has 5 heteroatoms. The van der Waals surface area contributed by atoms with Crippen LogP contribution in [-0.2, 0) is 24.8 Å². The van der Waals surface area contributed by atoms with E-state index in [1.165, 1.54) is 22.0 Å². The van der Waals surface area contributed by atoms with Crippen molar-refractivity contribution in [2.45, 2.75) is 44.4 Å². The highest BCUT2D eigenvalue weighted by molar-refractivity contribution is 5.89. The molecule has 1 fully saturated rings. The monoisotopic (exact) mass is 417 g/mol. The second kappa shape index (κ2) is 8.04. The predicted octanol–water partition coefficient (Wildman–Crippen LogP) is 4.45. The van der Waals surface area contributed by atoms with Crippen molar-refractivity contribution >= 4 is 17.0 Å². The molecule has 1 amide bonds. The minimum Gasteiger partial charge on any atom is -0.445 e. The molecule has 0 saturated carbocycles. The molecule has 2 aromatic carbocycles. The minimum atomic E-state index is -0.336. The first-order chi connectivity index (χ1) is 15.0. The maximum absolute atomic E-state index is 12.4. The van der Waals surface area contributed by atoms with Gasteiger partial charge in [-0.05, 0) is 55.5 Å². The van der Waals surface area contributed by atoms with Crippen LogP contribution in [-0.4, -0.2) is 41.2 Å². The average Bonchev–Trinajstić information content (AvgIpc) is 3.10. The fourth-order valence-electron chi connectivity index (χ4n) is 5.69. The van der Waals surface area contributed by atoms with Gasteiger partial charge in [0.2, 0.25) is 0 Å². The Morgan fingerprint density at radius 2 is 1.97 bits per heavy atom. The zero-order valence-corrected chi connectivity index (χ0v) is 18.5. The summed E-state index contributed by atoms with van der Waals surface area (Å²) in [5.74, 6) is 0.878. The second-order valence-electron chi connectivity index (χ2n) is 9.31. The van der Waals surface area contributed by atoms with E-state index in [-0.39, 0.29) is 12.1 Å². The van der Waals surface area contributed by atoms with Crippen LogP contribution in [0.3, 0.4) is 0 Å². The molecule has 0 spiro atoms. The topological polar surface area (TPSA) is 46.5 Å². The number of nitrogens with one attached hydrogen (secondary N) is 1. The Morgan fingerprint density at radius 1 is 1.16 bits per heavy atom. The van der Waals surface area contributed by atoms with E-state index in [1.807, 2.05) is 30.3 Å². The minimum absolute atomic E-state index is 0.0584. The van der Waals surface area contributed by atoms with Crippen molar-refractivity contribution in [3.05, 3.63) is 71.4 Å². The quantitative estimate of drug-likeness (QED) is 0.682. The van der Waals surface area contributed by atoms with E-state index in [1.54, 1.807) is 0 Å². The van der Waals surface area contributed by atoms with Gasteiger partial charge in [-0.3, -0.25) is 0 Å². The molecule has 4 atom stereocenters. The van der Waals surface area contributed by atoms with Crippen LogP contribution in [0.2, 0.25) is 0 Å². The number of nitrogens with zero attached hydrogens (tertiary/aromatic N) is 2. The van der Waals surface area contributed by atoms with Crippen LogP contribution in [0.5, 0.6) is 0 Å². The van der Waals surface area contributed by atoms with Gasteiger partial charge in [0.1, 0.15) is 6.61 Å². The molecule has 1 aliphatic heterocycles. The lowest BCUT2D eigenvalue weighted by Gasteiger charge is -2.47. The van der Waals surface area contributed by atoms with Gasteiger partial charge in [0.15, 0.2) is 0 Å². The second-order valence-corrected chi connectivity index (χ2v) is 9.31. The maximum Gasteiger partial charge on any atom is 0.407 e. The number of aryl methyl sites for hydroxylation is 1. The Balaban J connectivity index is 1.29. The maximum atomic E-state index is 12.4. The van der Waals surface area contributed by atoms with E-state index >= 15 is 0 Å². The van der Waals surface area contributed by atoms with Crippen molar-refractivity contribution in [1.29, 1.82) is 0 Å². The van der Waals surface area contributed by atoms with Gasteiger partial charge in [-0.25, -0.2) is 4.79 Å². The fourth-order valence-corrected chi connectivity index (χ4v) is 5.69.